The van der Waals surface area contributed by atoms with E-state index in [9.17, 15) is 9.59 Å². The lowest BCUT2D eigenvalue weighted by molar-refractivity contribution is -0.132. The van der Waals surface area contributed by atoms with Gasteiger partial charge in [-0.05, 0) is 85.0 Å². The number of nitrogens with zero attached hydrogens (tertiary/aromatic N) is 5. The third-order valence-electron chi connectivity index (χ3n) is 9.93. The maximum Gasteiger partial charge on any atom is 0.258 e. The Labute approximate surface area is 265 Å². The minimum atomic E-state index is -0.0525. The number of likely N-dealkylation sites (tertiary alicyclic amines) is 1. The zero-order valence-electron chi connectivity index (χ0n) is 26.3. The third-order valence-corrected chi connectivity index (χ3v) is 9.93. The van der Waals surface area contributed by atoms with Gasteiger partial charge in [0.25, 0.3) is 5.91 Å². The van der Waals surface area contributed by atoms with Gasteiger partial charge >= 0.3 is 0 Å². The molecule has 3 aliphatic heterocycles. The van der Waals surface area contributed by atoms with Crippen LogP contribution in [0.15, 0.2) is 72.9 Å². The van der Waals surface area contributed by atoms with Gasteiger partial charge in [0.1, 0.15) is 5.82 Å². The predicted octanol–water partition coefficient (Wildman–Crippen LogP) is 5.86. The molecule has 2 amide bonds. The van der Waals surface area contributed by atoms with Crippen molar-refractivity contribution in [2.24, 2.45) is 13.0 Å². The molecule has 0 unspecified atom stereocenters. The van der Waals surface area contributed by atoms with Crippen LogP contribution in [0.4, 0.5) is 17.2 Å². The Hall–Kier alpha value is -4.43. The molecule has 4 heterocycles. The van der Waals surface area contributed by atoms with Crippen molar-refractivity contribution in [3.05, 3.63) is 106 Å². The van der Waals surface area contributed by atoms with Crippen molar-refractivity contribution < 1.29 is 9.59 Å². The van der Waals surface area contributed by atoms with Gasteiger partial charge in [-0.2, -0.15) is 5.10 Å². The molecule has 0 spiro atoms. The van der Waals surface area contributed by atoms with Crippen molar-refractivity contribution in [1.82, 2.24) is 19.6 Å². The zero-order valence-corrected chi connectivity index (χ0v) is 26.3. The second kappa shape index (κ2) is 12.5. The molecule has 7 rings (SSSR count). The number of anilines is 3. The average Bonchev–Trinajstić information content (AvgIpc) is 3.31. The quantitative estimate of drug-likeness (QED) is 0.299. The fourth-order valence-corrected chi connectivity index (χ4v) is 7.24. The minimum absolute atomic E-state index is 0.0525. The summed E-state index contributed by atoms with van der Waals surface area (Å²) in [5.74, 6) is 1.74. The number of aromatic nitrogens is 2. The Balaban J connectivity index is 0.936. The molecule has 3 aromatic carbocycles. The molecular formula is C37H42N6O2. The number of piperidine rings is 1. The standard InChI is InChI=1S/C37H42N6O2/c1-26-21-30(37(45)43-25-32-22-38-40(2)36(32)39-33-9-5-6-10-34(33)43)12-11-28(26)13-14-35(44)42-19-15-27(16-20-42)23-41-18-17-29-7-3-4-8-31(29)24-41/h3-12,21-22,27,39H,13-20,23-25H2,1-2H3. The smallest absolute Gasteiger partial charge is 0.258 e. The van der Waals surface area contributed by atoms with Gasteiger partial charge in [0.2, 0.25) is 5.91 Å². The molecule has 1 N–H and O–H groups in total. The molecule has 3 aliphatic rings. The lowest BCUT2D eigenvalue weighted by Gasteiger charge is -2.36. The Morgan fingerprint density at radius 2 is 1.69 bits per heavy atom. The van der Waals surface area contributed by atoms with E-state index in [4.69, 9.17) is 0 Å². The van der Waals surface area contributed by atoms with E-state index < -0.39 is 0 Å². The van der Waals surface area contributed by atoms with Gasteiger partial charge < -0.3 is 15.1 Å². The Bertz CT molecular complexity index is 1720. The summed E-state index contributed by atoms with van der Waals surface area (Å²) in [6.45, 7) is 7.49. The number of hydrogen-bond donors (Lipinski definition) is 1. The topological polar surface area (TPSA) is 73.7 Å². The molecule has 0 bridgehead atoms. The van der Waals surface area contributed by atoms with Crippen LogP contribution in [0.2, 0.25) is 0 Å². The van der Waals surface area contributed by atoms with E-state index in [1.807, 2.05) is 67.5 Å². The number of carbonyl (C=O) groups is 2. The maximum absolute atomic E-state index is 13.9. The maximum atomic E-state index is 13.9. The molecule has 1 saturated heterocycles. The van der Waals surface area contributed by atoms with Crippen LogP contribution in [-0.4, -0.2) is 57.6 Å². The van der Waals surface area contributed by atoms with Crippen LogP contribution in [0.5, 0.6) is 0 Å². The van der Waals surface area contributed by atoms with Crippen molar-refractivity contribution in [2.45, 2.75) is 52.1 Å². The zero-order chi connectivity index (χ0) is 30.9. The van der Waals surface area contributed by atoms with Crippen molar-refractivity contribution in [2.75, 3.05) is 36.4 Å². The predicted molar refractivity (Wildman–Crippen MR) is 178 cm³/mol. The minimum Gasteiger partial charge on any atom is -0.343 e. The molecule has 8 heteroatoms. The van der Waals surface area contributed by atoms with Crippen molar-refractivity contribution in [1.29, 1.82) is 0 Å². The van der Waals surface area contributed by atoms with Crippen molar-refractivity contribution >= 4 is 29.0 Å². The van der Waals surface area contributed by atoms with Crippen LogP contribution in [0.25, 0.3) is 0 Å². The first kappa shape index (κ1) is 29.3. The van der Waals surface area contributed by atoms with Crippen LogP contribution >= 0.6 is 0 Å². The van der Waals surface area contributed by atoms with Gasteiger partial charge in [0, 0.05) is 57.3 Å². The summed E-state index contributed by atoms with van der Waals surface area (Å²) in [6, 6.07) is 22.6. The molecule has 0 aliphatic carbocycles. The van der Waals surface area contributed by atoms with E-state index in [1.165, 1.54) is 11.1 Å². The summed E-state index contributed by atoms with van der Waals surface area (Å²) in [7, 11) is 1.90. The van der Waals surface area contributed by atoms with Crippen LogP contribution in [-0.2, 0) is 37.8 Å². The highest BCUT2D eigenvalue weighted by Crippen LogP contribution is 2.36. The summed E-state index contributed by atoms with van der Waals surface area (Å²) in [5.41, 5.74) is 8.45. The van der Waals surface area contributed by atoms with Crippen LogP contribution in [0.3, 0.4) is 0 Å². The Morgan fingerprint density at radius 1 is 0.911 bits per heavy atom. The number of nitrogens with one attached hydrogen (secondary N) is 1. The summed E-state index contributed by atoms with van der Waals surface area (Å²) in [6.07, 6.45) is 6.29. The summed E-state index contributed by atoms with van der Waals surface area (Å²) in [5, 5.41) is 7.85. The van der Waals surface area contributed by atoms with Gasteiger partial charge in [0.05, 0.1) is 24.1 Å². The first-order chi connectivity index (χ1) is 21.9. The van der Waals surface area contributed by atoms with E-state index in [0.717, 1.165) is 85.9 Å². The van der Waals surface area contributed by atoms with Gasteiger partial charge in [-0.15, -0.1) is 0 Å². The number of para-hydroxylation sites is 2. The first-order valence-electron chi connectivity index (χ1n) is 16.3. The first-order valence-corrected chi connectivity index (χ1v) is 16.3. The number of carbonyl (C=O) groups excluding carboxylic acids is 2. The van der Waals surface area contributed by atoms with Crippen LogP contribution in [0.1, 0.15) is 57.4 Å². The van der Waals surface area contributed by atoms with E-state index in [0.29, 0.717) is 30.9 Å². The molecular weight excluding hydrogens is 560 g/mol. The van der Waals surface area contributed by atoms with E-state index in [-0.39, 0.29) is 11.8 Å². The molecule has 45 heavy (non-hydrogen) atoms. The number of amides is 2. The number of benzene rings is 3. The van der Waals surface area contributed by atoms with Crippen molar-refractivity contribution in [3.8, 4) is 0 Å². The van der Waals surface area contributed by atoms with Crippen LogP contribution < -0.4 is 10.2 Å². The van der Waals surface area contributed by atoms with Gasteiger partial charge in [-0.25, -0.2) is 0 Å². The molecule has 8 nitrogen and oxygen atoms in total. The fraction of sp³-hybridized carbons (Fsp3) is 0.378. The van der Waals surface area contributed by atoms with Gasteiger partial charge in [-0.1, -0.05) is 42.5 Å². The summed E-state index contributed by atoms with van der Waals surface area (Å²) < 4.78 is 1.80. The molecule has 4 aromatic rings. The highest BCUT2D eigenvalue weighted by Gasteiger charge is 2.28. The SMILES string of the molecule is Cc1cc(C(=O)N2Cc3cnn(C)c3Nc3ccccc32)ccc1CCC(=O)N1CCC(CN2CCc3ccccc3C2)CC1. The molecule has 0 atom stereocenters. The molecule has 0 radical (unpaired) electrons. The highest BCUT2D eigenvalue weighted by molar-refractivity contribution is 6.08. The van der Waals surface area contributed by atoms with Gasteiger partial charge in [0.15, 0.2) is 0 Å². The largest absolute Gasteiger partial charge is 0.343 e. The van der Waals surface area contributed by atoms with Crippen LogP contribution in [0, 0.1) is 12.8 Å². The normalized spacial score (nSPS) is 16.8. The number of rotatable bonds is 6. The second-order valence-corrected chi connectivity index (χ2v) is 12.9. The fourth-order valence-electron chi connectivity index (χ4n) is 7.24. The number of aryl methyl sites for hydroxylation is 3. The Morgan fingerprint density at radius 3 is 2.51 bits per heavy atom. The van der Waals surface area contributed by atoms with Crippen molar-refractivity contribution in [3.63, 3.8) is 0 Å². The lowest BCUT2D eigenvalue weighted by atomic mass is 9.93. The molecule has 1 aromatic heterocycles. The molecule has 0 saturated carbocycles. The molecule has 232 valence electrons. The van der Waals surface area contributed by atoms with Gasteiger partial charge in [-0.3, -0.25) is 19.2 Å². The average molecular weight is 603 g/mol. The summed E-state index contributed by atoms with van der Waals surface area (Å²) in [4.78, 5) is 33.6. The number of fused-ring (bicyclic) bond motifs is 3. The van der Waals surface area contributed by atoms with E-state index in [2.05, 4.69) is 44.5 Å². The second-order valence-electron chi connectivity index (χ2n) is 12.9. The monoisotopic (exact) mass is 602 g/mol. The number of hydrogen-bond acceptors (Lipinski definition) is 5. The van der Waals surface area contributed by atoms with E-state index in [1.54, 1.807) is 4.68 Å². The highest BCUT2D eigenvalue weighted by atomic mass is 16.2. The summed E-state index contributed by atoms with van der Waals surface area (Å²) >= 11 is 0. The lowest BCUT2D eigenvalue weighted by Crippen LogP contribution is -2.42. The third kappa shape index (κ3) is 6.12. The molecule has 1 fully saturated rings. The van der Waals surface area contributed by atoms with E-state index >= 15 is 0 Å². The Kier molecular flexibility index (Phi) is 8.15.